The maximum atomic E-state index is 11.7. The van der Waals surface area contributed by atoms with Gasteiger partial charge in [0.05, 0.1) is 10.7 Å². The minimum atomic E-state index is -1.33. The second kappa shape index (κ2) is 7.70. The van der Waals surface area contributed by atoms with Crippen LogP contribution in [0.25, 0.3) is 0 Å². The van der Waals surface area contributed by atoms with E-state index in [1.165, 1.54) is 18.2 Å². The molecular formula is C12H12Cl2N2O5. The molecule has 4 N–H and O–H groups in total. The Kier molecular flexibility index (Phi) is 6.26. The van der Waals surface area contributed by atoms with Crippen LogP contribution in [0.15, 0.2) is 18.2 Å². The van der Waals surface area contributed by atoms with Crippen molar-refractivity contribution in [3.63, 3.8) is 0 Å². The lowest BCUT2D eigenvalue weighted by molar-refractivity contribution is -0.140. The van der Waals surface area contributed by atoms with E-state index in [1.54, 1.807) is 0 Å². The number of anilines is 1. The molecule has 9 heteroatoms. The van der Waals surface area contributed by atoms with Crippen molar-refractivity contribution in [2.75, 3.05) is 5.32 Å². The number of urea groups is 1. The third-order valence-corrected chi connectivity index (χ3v) is 2.98. The van der Waals surface area contributed by atoms with Gasteiger partial charge in [0.15, 0.2) is 0 Å². The Bertz CT molecular complexity index is 565. The summed E-state index contributed by atoms with van der Waals surface area (Å²) in [5.74, 6) is -2.47. The first-order valence-corrected chi connectivity index (χ1v) is 6.52. The summed E-state index contributed by atoms with van der Waals surface area (Å²) in [5, 5.41) is 22.5. The van der Waals surface area contributed by atoms with Crippen LogP contribution in [0.5, 0.6) is 0 Å². The van der Waals surface area contributed by atoms with E-state index in [4.69, 9.17) is 33.4 Å². The van der Waals surface area contributed by atoms with Gasteiger partial charge in [-0.1, -0.05) is 23.2 Å². The Labute approximate surface area is 129 Å². The van der Waals surface area contributed by atoms with Crippen molar-refractivity contribution in [1.29, 1.82) is 0 Å². The number of carboxylic acids is 2. The molecule has 0 saturated heterocycles. The van der Waals surface area contributed by atoms with E-state index in [1.807, 2.05) is 0 Å². The van der Waals surface area contributed by atoms with Crippen LogP contribution in [0.3, 0.4) is 0 Å². The molecule has 0 spiro atoms. The molecule has 0 aliphatic carbocycles. The van der Waals surface area contributed by atoms with Crippen LogP contribution >= 0.6 is 23.2 Å². The first kappa shape index (κ1) is 17.1. The second-order valence-corrected chi connectivity index (χ2v) is 4.89. The SMILES string of the molecule is O=C(O)CC[C@H](NC(=O)Nc1ccc(Cl)cc1Cl)C(=O)O. The molecule has 0 fully saturated rings. The molecule has 1 aromatic rings. The van der Waals surface area contributed by atoms with Crippen LogP contribution in [0, 0.1) is 0 Å². The van der Waals surface area contributed by atoms with E-state index in [9.17, 15) is 14.4 Å². The van der Waals surface area contributed by atoms with Crippen molar-refractivity contribution in [3.8, 4) is 0 Å². The predicted molar refractivity (Wildman–Crippen MR) is 76.9 cm³/mol. The number of aliphatic carboxylic acids is 2. The zero-order valence-electron chi connectivity index (χ0n) is 10.6. The van der Waals surface area contributed by atoms with Gasteiger partial charge in [0.2, 0.25) is 0 Å². The number of hydrogen-bond donors (Lipinski definition) is 4. The lowest BCUT2D eigenvalue weighted by Crippen LogP contribution is -2.43. The maximum absolute atomic E-state index is 11.7. The molecule has 0 unspecified atom stereocenters. The molecule has 1 atom stereocenters. The molecule has 0 saturated carbocycles. The minimum absolute atomic E-state index is 0.190. The number of halogens is 2. The average molecular weight is 335 g/mol. The second-order valence-electron chi connectivity index (χ2n) is 4.05. The van der Waals surface area contributed by atoms with Gasteiger partial charge in [-0.15, -0.1) is 0 Å². The number of rotatable bonds is 6. The summed E-state index contributed by atoms with van der Waals surface area (Å²) in [5.41, 5.74) is 0.251. The first-order chi connectivity index (χ1) is 9.79. The molecule has 0 aliphatic rings. The Morgan fingerprint density at radius 2 is 1.86 bits per heavy atom. The molecule has 0 aliphatic heterocycles. The highest BCUT2D eigenvalue weighted by atomic mass is 35.5. The van der Waals surface area contributed by atoms with Gasteiger partial charge in [-0.25, -0.2) is 9.59 Å². The van der Waals surface area contributed by atoms with Crippen molar-refractivity contribution in [2.45, 2.75) is 18.9 Å². The van der Waals surface area contributed by atoms with E-state index >= 15 is 0 Å². The highest BCUT2D eigenvalue weighted by Gasteiger charge is 2.21. The largest absolute Gasteiger partial charge is 0.481 e. The van der Waals surface area contributed by atoms with Crippen molar-refractivity contribution in [3.05, 3.63) is 28.2 Å². The van der Waals surface area contributed by atoms with Crippen LogP contribution in [0.1, 0.15) is 12.8 Å². The number of carbonyl (C=O) groups excluding carboxylic acids is 1. The van der Waals surface area contributed by atoms with Crippen LogP contribution in [-0.4, -0.2) is 34.2 Å². The van der Waals surface area contributed by atoms with E-state index in [-0.39, 0.29) is 23.6 Å². The molecular weight excluding hydrogens is 323 g/mol. The molecule has 1 rings (SSSR count). The molecule has 0 aromatic heterocycles. The molecule has 0 bridgehead atoms. The molecule has 114 valence electrons. The van der Waals surface area contributed by atoms with Crippen molar-refractivity contribution in [1.82, 2.24) is 5.32 Å². The molecule has 7 nitrogen and oxygen atoms in total. The Balaban J connectivity index is 2.65. The van der Waals surface area contributed by atoms with E-state index in [0.717, 1.165) is 0 Å². The Morgan fingerprint density at radius 1 is 1.19 bits per heavy atom. The van der Waals surface area contributed by atoms with E-state index < -0.39 is 24.0 Å². The van der Waals surface area contributed by atoms with Crippen LogP contribution < -0.4 is 10.6 Å². The van der Waals surface area contributed by atoms with Gasteiger partial charge in [0, 0.05) is 11.4 Å². The summed E-state index contributed by atoms with van der Waals surface area (Å²) >= 11 is 11.6. The average Bonchev–Trinajstić information content (AvgIpc) is 2.37. The van der Waals surface area contributed by atoms with Gasteiger partial charge in [0.1, 0.15) is 6.04 Å². The maximum Gasteiger partial charge on any atom is 0.326 e. The number of nitrogens with one attached hydrogen (secondary N) is 2. The zero-order chi connectivity index (χ0) is 16.0. The first-order valence-electron chi connectivity index (χ1n) is 5.76. The van der Waals surface area contributed by atoms with Crippen molar-refractivity contribution in [2.24, 2.45) is 0 Å². The smallest absolute Gasteiger partial charge is 0.326 e. The predicted octanol–water partition coefficient (Wildman–Crippen LogP) is 2.43. The van der Waals surface area contributed by atoms with Crippen LogP contribution in [0.4, 0.5) is 10.5 Å². The topological polar surface area (TPSA) is 116 Å². The van der Waals surface area contributed by atoms with Gasteiger partial charge in [-0.3, -0.25) is 4.79 Å². The molecule has 2 amide bonds. The van der Waals surface area contributed by atoms with Gasteiger partial charge in [-0.05, 0) is 24.6 Å². The monoisotopic (exact) mass is 334 g/mol. The number of benzene rings is 1. The van der Waals surface area contributed by atoms with E-state index in [2.05, 4.69) is 10.6 Å². The Morgan fingerprint density at radius 3 is 2.38 bits per heavy atom. The third-order valence-electron chi connectivity index (χ3n) is 2.43. The summed E-state index contributed by atoms with van der Waals surface area (Å²) in [6.45, 7) is 0. The number of carbonyl (C=O) groups is 3. The van der Waals surface area contributed by atoms with Crippen LogP contribution in [-0.2, 0) is 9.59 Å². The fourth-order valence-corrected chi connectivity index (χ4v) is 1.89. The molecule has 0 heterocycles. The van der Waals surface area contributed by atoms with Crippen molar-refractivity contribution >= 4 is 46.9 Å². The van der Waals surface area contributed by atoms with Crippen LogP contribution in [0.2, 0.25) is 10.0 Å². The van der Waals surface area contributed by atoms with Gasteiger partial charge in [-0.2, -0.15) is 0 Å². The van der Waals surface area contributed by atoms with Crippen molar-refractivity contribution < 1.29 is 24.6 Å². The summed E-state index contributed by atoms with van der Waals surface area (Å²) in [6.07, 6.45) is -0.606. The lowest BCUT2D eigenvalue weighted by Gasteiger charge is -2.14. The Hall–Kier alpha value is -1.99. The fourth-order valence-electron chi connectivity index (χ4n) is 1.43. The summed E-state index contributed by atoms with van der Waals surface area (Å²) in [7, 11) is 0. The standard InChI is InChI=1S/C12H12Cl2N2O5/c13-6-1-2-8(7(14)5-6)15-12(21)16-9(11(19)20)3-4-10(17)18/h1-2,5,9H,3-4H2,(H,17,18)(H,19,20)(H2,15,16,21)/t9-/m0/s1. The minimum Gasteiger partial charge on any atom is -0.481 e. The highest BCUT2D eigenvalue weighted by molar-refractivity contribution is 6.36. The number of carboxylic acid groups (broad SMARTS) is 2. The normalized spacial score (nSPS) is 11.5. The summed E-state index contributed by atoms with van der Waals surface area (Å²) < 4.78 is 0. The summed E-state index contributed by atoms with van der Waals surface area (Å²) in [6, 6.07) is 2.25. The third kappa shape index (κ3) is 5.88. The number of hydrogen-bond acceptors (Lipinski definition) is 3. The van der Waals surface area contributed by atoms with Gasteiger partial charge in [0.25, 0.3) is 0 Å². The highest BCUT2D eigenvalue weighted by Crippen LogP contribution is 2.25. The van der Waals surface area contributed by atoms with E-state index in [0.29, 0.717) is 5.02 Å². The van der Waals surface area contributed by atoms with Gasteiger partial charge < -0.3 is 20.8 Å². The van der Waals surface area contributed by atoms with Gasteiger partial charge >= 0.3 is 18.0 Å². The number of amides is 2. The molecule has 1 aromatic carbocycles. The fraction of sp³-hybridized carbons (Fsp3) is 0.250. The quantitative estimate of drug-likeness (QED) is 0.637. The molecule has 0 radical (unpaired) electrons. The lowest BCUT2D eigenvalue weighted by atomic mass is 10.1. The molecule has 21 heavy (non-hydrogen) atoms. The zero-order valence-corrected chi connectivity index (χ0v) is 12.1. The summed E-state index contributed by atoms with van der Waals surface area (Å²) in [4.78, 5) is 33.0.